The van der Waals surface area contributed by atoms with Crippen LogP contribution < -0.4 is 5.73 Å². The van der Waals surface area contributed by atoms with Crippen LogP contribution in [0, 0.1) is 5.92 Å². The summed E-state index contributed by atoms with van der Waals surface area (Å²) in [5, 5.41) is 0. The number of piperidine rings is 1. The first-order valence-electron chi connectivity index (χ1n) is 5.72. The van der Waals surface area contributed by atoms with Gasteiger partial charge in [-0.3, -0.25) is 0 Å². The number of nitrogen functional groups attached to an aromatic ring is 1. The maximum atomic E-state index is 12.3. The van der Waals surface area contributed by atoms with Crippen LogP contribution in [0.1, 0.15) is 19.8 Å². The van der Waals surface area contributed by atoms with Crippen molar-refractivity contribution in [2.45, 2.75) is 24.7 Å². The van der Waals surface area contributed by atoms with Gasteiger partial charge in [-0.1, -0.05) is 6.92 Å². The van der Waals surface area contributed by atoms with Crippen molar-refractivity contribution in [3.05, 3.63) is 18.3 Å². The number of nitrogens with zero attached hydrogens (tertiary/aromatic N) is 2. The molecule has 17 heavy (non-hydrogen) atoms. The fourth-order valence-electron chi connectivity index (χ4n) is 2.06. The minimum absolute atomic E-state index is 0.223. The molecule has 1 aromatic heterocycles. The lowest BCUT2D eigenvalue weighted by atomic mass is 10.0. The Morgan fingerprint density at radius 3 is 2.82 bits per heavy atom. The SMILES string of the molecule is CC1CCCN(S(=O)(=O)c2ccc(N)nc2)C1. The summed E-state index contributed by atoms with van der Waals surface area (Å²) in [7, 11) is -3.40. The van der Waals surface area contributed by atoms with Crippen LogP contribution >= 0.6 is 0 Å². The van der Waals surface area contributed by atoms with Gasteiger partial charge in [-0.2, -0.15) is 4.31 Å². The van der Waals surface area contributed by atoms with E-state index in [9.17, 15) is 8.42 Å². The zero-order valence-electron chi connectivity index (χ0n) is 9.83. The Labute approximate surface area is 102 Å². The number of anilines is 1. The van der Waals surface area contributed by atoms with Gasteiger partial charge in [0.15, 0.2) is 0 Å². The van der Waals surface area contributed by atoms with Crippen molar-refractivity contribution in [2.24, 2.45) is 5.92 Å². The van der Waals surface area contributed by atoms with Gasteiger partial charge in [0, 0.05) is 19.3 Å². The maximum Gasteiger partial charge on any atom is 0.244 e. The van der Waals surface area contributed by atoms with Crippen LogP contribution in [0.3, 0.4) is 0 Å². The monoisotopic (exact) mass is 255 g/mol. The number of aromatic nitrogens is 1. The molecule has 2 rings (SSSR count). The molecule has 2 N–H and O–H groups in total. The average Bonchev–Trinajstić information content (AvgIpc) is 2.29. The van der Waals surface area contributed by atoms with E-state index in [0.717, 1.165) is 12.8 Å². The molecule has 0 aromatic carbocycles. The number of hydrogen-bond acceptors (Lipinski definition) is 4. The third-order valence-electron chi connectivity index (χ3n) is 3.02. The molecule has 1 fully saturated rings. The first kappa shape index (κ1) is 12.3. The molecule has 0 amide bonds. The summed E-state index contributed by atoms with van der Waals surface area (Å²) in [4.78, 5) is 4.05. The topological polar surface area (TPSA) is 76.3 Å². The van der Waals surface area contributed by atoms with Gasteiger partial charge in [-0.05, 0) is 30.9 Å². The molecular weight excluding hydrogens is 238 g/mol. The van der Waals surface area contributed by atoms with Crippen LogP contribution in [-0.4, -0.2) is 30.8 Å². The van der Waals surface area contributed by atoms with Crippen molar-refractivity contribution in [1.82, 2.24) is 9.29 Å². The van der Waals surface area contributed by atoms with Crippen LogP contribution in [0.15, 0.2) is 23.2 Å². The van der Waals surface area contributed by atoms with E-state index in [-0.39, 0.29) is 4.90 Å². The lowest BCUT2D eigenvalue weighted by Gasteiger charge is -2.29. The molecule has 94 valence electrons. The molecule has 1 atom stereocenters. The lowest BCUT2D eigenvalue weighted by molar-refractivity contribution is 0.281. The highest BCUT2D eigenvalue weighted by Gasteiger charge is 2.28. The largest absolute Gasteiger partial charge is 0.384 e. The molecule has 0 aliphatic carbocycles. The molecular formula is C11H17N3O2S. The van der Waals surface area contributed by atoms with E-state index in [4.69, 9.17) is 5.73 Å². The maximum absolute atomic E-state index is 12.3. The number of rotatable bonds is 2. The van der Waals surface area contributed by atoms with Crippen LogP contribution in [0.2, 0.25) is 0 Å². The number of nitrogens with two attached hydrogens (primary N) is 1. The molecule has 0 radical (unpaired) electrons. The molecule has 0 bridgehead atoms. The Morgan fingerprint density at radius 1 is 1.47 bits per heavy atom. The quantitative estimate of drug-likeness (QED) is 0.858. The summed E-state index contributed by atoms with van der Waals surface area (Å²) in [6.07, 6.45) is 3.33. The van der Waals surface area contributed by atoms with Gasteiger partial charge in [-0.15, -0.1) is 0 Å². The molecule has 1 aromatic rings. The Balaban J connectivity index is 2.26. The fraction of sp³-hybridized carbons (Fsp3) is 0.545. The zero-order valence-corrected chi connectivity index (χ0v) is 10.7. The van der Waals surface area contributed by atoms with E-state index in [1.807, 2.05) is 0 Å². The highest BCUT2D eigenvalue weighted by molar-refractivity contribution is 7.89. The summed E-state index contributed by atoms with van der Waals surface area (Å²) in [6, 6.07) is 3.02. The number of hydrogen-bond donors (Lipinski definition) is 1. The van der Waals surface area contributed by atoms with E-state index in [1.165, 1.54) is 22.6 Å². The summed E-state index contributed by atoms with van der Waals surface area (Å²) >= 11 is 0. The smallest absolute Gasteiger partial charge is 0.244 e. The number of sulfonamides is 1. The summed E-state index contributed by atoms with van der Waals surface area (Å²) in [5.74, 6) is 0.747. The second-order valence-corrected chi connectivity index (χ2v) is 6.47. The predicted molar refractivity (Wildman–Crippen MR) is 65.8 cm³/mol. The molecule has 1 unspecified atom stereocenters. The van der Waals surface area contributed by atoms with Gasteiger partial charge < -0.3 is 5.73 Å². The first-order valence-corrected chi connectivity index (χ1v) is 7.16. The van der Waals surface area contributed by atoms with Crippen LogP contribution in [0.4, 0.5) is 5.82 Å². The van der Waals surface area contributed by atoms with Crippen LogP contribution in [0.25, 0.3) is 0 Å². The Kier molecular flexibility index (Phi) is 3.35. The predicted octanol–water partition coefficient (Wildman–Crippen LogP) is 1.08. The summed E-state index contributed by atoms with van der Waals surface area (Å²) in [6.45, 7) is 3.26. The van der Waals surface area contributed by atoms with Crippen molar-refractivity contribution in [2.75, 3.05) is 18.8 Å². The summed E-state index contributed by atoms with van der Waals surface area (Å²) in [5.41, 5.74) is 5.45. The minimum Gasteiger partial charge on any atom is -0.384 e. The van der Waals surface area contributed by atoms with Gasteiger partial charge in [0.1, 0.15) is 10.7 Å². The zero-order chi connectivity index (χ0) is 12.5. The molecule has 6 heteroatoms. The van der Waals surface area contributed by atoms with Gasteiger partial charge >= 0.3 is 0 Å². The second-order valence-electron chi connectivity index (χ2n) is 4.53. The minimum atomic E-state index is -3.40. The van der Waals surface area contributed by atoms with Crippen molar-refractivity contribution >= 4 is 15.8 Å². The Morgan fingerprint density at radius 2 is 2.24 bits per heavy atom. The van der Waals surface area contributed by atoms with E-state index >= 15 is 0 Å². The lowest BCUT2D eigenvalue weighted by Crippen LogP contribution is -2.39. The third-order valence-corrected chi connectivity index (χ3v) is 4.87. The fourth-order valence-corrected chi connectivity index (χ4v) is 3.60. The number of pyridine rings is 1. The molecule has 0 saturated carbocycles. The average molecular weight is 255 g/mol. The van der Waals surface area contributed by atoms with Crippen molar-refractivity contribution in [3.63, 3.8) is 0 Å². The van der Waals surface area contributed by atoms with E-state index in [0.29, 0.717) is 24.8 Å². The normalized spacial score (nSPS) is 22.5. The van der Waals surface area contributed by atoms with E-state index in [2.05, 4.69) is 11.9 Å². The Hall–Kier alpha value is -1.14. The highest BCUT2D eigenvalue weighted by Crippen LogP contribution is 2.23. The molecule has 1 saturated heterocycles. The van der Waals surface area contributed by atoms with Crippen LogP contribution in [0.5, 0.6) is 0 Å². The molecule has 5 nitrogen and oxygen atoms in total. The second kappa shape index (κ2) is 4.62. The molecule has 1 aliphatic rings. The summed E-state index contributed by atoms with van der Waals surface area (Å²) < 4.78 is 26.1. The van der Waals surface area contributed by atoms with Gasteiger partial charge in [0.2, 0.25) is 10.0 Å². The van der Waals surface area contributed by atoms with Gasteiger partial charge in [-0.25, -0.2) is 13.4 Å². The van der Waals surface area contributed by atoms with E-state index < -0.39 is 10.0 Å². The third kappa shape index (κ3) is 2.58. The highest BCUT2D eigenvalue weighted by atomic mass is 32.2. The van der Waals surface area contributed by atoms with E-state index in [1.54, 1.807) is 0 Å². The van der Waals surface area contributed by atoms with Gasteiger partial charge in [0.05, 0.1) is 0 Å². The van der Waals surface area contributed by atoms with Crippen molar-refractivity contribution < 1.29 is 8.42 Å². The van der Waals surface area contributed by atoms with Crippen molar-refractivity contribution in [3.8, 4) is 0 Å². The Bertz CT molecular complexity index is 484. The molecule has 0 spiro atoms. The molecule has 1 aliphatic heterocycles. The van der Waals surface area contributed by atoms with Crippen molar-refractivity contribution in [1.29, 1.82) is 0 Å². The standard InChI is InChI=1S/C11H17N3O2S/c1-9-3-2-6-14(8-9)17(15,16)10-4-5-11(12)13-7-10/h4-5,7,9H,2-3,6,8H2,1H3,(H2,12,13). The first-order chi connectivity index (χ1) is 8.00. The van der Waals surface area contributed by atoms with Gasteiger partial charge in [0.25, 0.3) is 0 Å². The van der Waals surface area contributed by atoms with Crippen LogP contribution in [-0.2, 0) is 10.0 Å². The molecule has 2 heterocycles.